The number of aryl methyl sites for hydroxylation is 2. The van der Waals surface area contributed by atoms with Gasteiger partial charge in [-0.25, -0.2) is 9.97 Å². The van der Waals surface area contributed by atoms with E-state index in [0.717, 1.165) is 11.4 Å². The Balaban J connectivity index is 3.32. The predicted molar refractivity (Wildman–Crippen MR) is 41.5 cm³/mol. The molecule has 1 aromatic heterocycles. The molecule has 0 aliphatic rings. The molecule has 3 nitrogen and oxygen atoms in total. The highest BCUT2D eigenvalue weighted by molar-refractivity contribution is 5.95. The zero-order valence-electron chi connectivity index (χ0n) is 6.88. The van der Waals surface area contributed by atoms with Crippen LogP contribution in [0, 0.1) is 13.8 Å². The topological polar surface area (TPSA) is 42.9 Å². The number of carbonyl (C=O) groups excluding carboxylic acids is 1. The van der Waals surface area contributed by atoms with Crippen molar-refractivity contribution in [2.75, 3.05) is 0 Å². The van der Waals surface area contributed by atoms with Crippen molar-refractivity contribution in [1.29, 1.82) is 0 Å². The summed E-state index contributed by atoms with van der Waals surface area (Å²) in [6, 6.07) is 0. The van der Waals surface area contributed by atoms with Crippen LogP contribution in [0.15, 0.2) is 6.33 Å². The molecule has 1 aromatic rings. The molecule has 0 fully saturated rings. The first-order valence-electron chi connectivity index (χ1n) is 3.42. The first-order chi connectivity index (χ1) is 5.13. The van der Waals surface area contributed by atoms with Crippen LogP contribution >= 0.6 is 0 Å². The van der Waals surface area contributed by atoms with Gasteiger partial charge >= 0.3 is 0 Å². The van der Waals surface area contributed by atoms with Gasteiger partial charge in [0.1, 0.15) is 6.33 Å². The van der Waals surface area contributed by atoms with E-state index in [2.05, 4.69) is 9.97 Å². The first-order valence-corrected chi connectivity index (χ1v) is 3.42. The van der Waals surface area contributed by atoms with Gasteiger partial charge in [0.15, 0.2) is 5.78 Å². The van der Waals surface area contributed by atoms with Crippen molar-refractivity contribution in [2.24, 2.45) is 0 Å². The van der Waals surface area contributed by atoms with Crippen molar-refractivity contribution in [1.82, 2.24) is 9.97 Å². The summed E-state index contributed by atoms with van der Waals surface area (Å²) in [7, 11) is 0. The van der Waals surface area contributed by atoms with Crippen LogP contribution in [-0.2, 0) is 0 Å². The number of nitrogens with zero attached hydrogens (tertiary/aromatic N) is 2. The van der Waals surface area contributed by atoms with E-state index < -0.39 is 0 Å². The standard InChI is InChI=1S/C8H10N2O/c1-5-8(7(3)11)6(2)10-4-9-5/h4H,1-3H3. The van der Waals surface area contributed by atoms with Crippen LogP contribution in [0.5, 0.6) is 0 Å². The van der Waals surface area contributed by atoms with Crippen molar-refractivity contribution in [2.45, 2.75) is 20.8 Å². The average molecular weight is 150 g/mol. The van der Waals surface area contributed by atoms with Gasteiger partial charge in [0, 0.05) is 0 Å². The summed E-state index contributed by atoms with van der Waals surface area (Å²) < 4.78 is 0. The fourth-order valence-electron chi connectivity index (χ4n) is 1.10. The van der Waals surface area contributed by atoms with E-state index in [0.29, 0.717) is 5.56 Å². The molecule has 0 unspecified atom stereocenters. The van der Waals surface area contributed by atoms with E-state index >= 15 is 0 Å². The highest BCUT2D eigenvalue weighted by atomic mass is 16.1. The summed E-state index contributed by atoms with van der Waals surface area (Å²) in [5.41, 5.74) is 2.16. The molecular weight excluding hydrogens is 140 g/mol. The van der Waals surface area contributed by atoms with Crippen molar-refractivity contribution < 1.29 is 4.79 Å². The van der Waals surface area contributed by atoms with Gasteiger partial charge in [-0.3, -0.25) is 4.79 Å². The molecule has 58 valence electrons. The molecule has 0 aromatic carbocycles. The molecule has 0 amide bonds. The van der Waals surface area contributed by atoms with E-state index in [1.807, 2.05) is 13.8 Å². The van der Waals surface area contributed by atoms with Crippen LogP contribution in [-0.4, -0.2) is 15.8 Å². The summed E-state index contributed by atoms with van der Waals surface area (Å²) in [6.45, 7) is 5.15. The molecule has 0 N–H and O–H groups in total. The minimum absolute atomic E-state index is 0.0283. The Morgan fingerprint density at radius 1 is 1.27 bits per heavy atom. The van der Waals surface area contributed by atoms with Crippen LogP contribution in [0.4, 0.5) is 0 Å². The van der Waals surface area contributed by atoms with Gasteiger partial charge in [-0.15, -0.1) is 0 Å². The number of hydrogen-bond donors (Lipinski definition) is 0. The van der Waals surface area contributed by atoms with Crippen molar-refractivity contribution in [3.63, 3.8) is 0 Å². The lowest BCUT2D eigenvalue weighted by molar-refractivity contribution is 0.101. The summed E-state index contributed by atoms with van der Waals surface area (Å²) in [5.74, 6) is 0.0283. The van der Waals surface area contributed by atoms with E-state index in [9.17, 15) is 4.79 Å². The van der Waals surface area contributed by atoms with Crippen LogP contribution in [0.3, 0.4) is 0 Å². The predicted octanol–water partition coefficient (Wildman–Crippen LogP) is 1.30. The Morgan fingerprint density at radius 2 is 1.73 bits per heavy atom. The molecule has 0 saturated carbocycles. The third-order valence-electron chi connectivity index (χ3n) is 1.58. The monoisotopic (exact) mass is 150 g/mol. The molecule has 0 aliphatic carbocycles. The van der Waals surface area contributed by atoms with Crippen molar-refractivity contribution >= 4 is 5.78 Å². The Labute approximate surface area is 65.5 Å². The fraction of sp³-hybridized carbons (Fsp3) is 0.375. The summed E-state index contributed by atoms with van der Waals surface area (Å²) >= 11 is 0. The molecule has 3 heteroatoms. The van der Waals surface area contributed by atoms with E-state index in [-0.39, 0.29) is 5.78 Å². The highest BCUT2D eigenvalue weighted by Gasteiger charge is 2.07. The summed E-state index contributed by atoms with van der Waals surface area (Å²) in [5, 5.41) is 0. The molecule has 0 bridgehead atoms. The van der Waals surface area contributed by atoms with Crippen molar-refractivity contribution in [3.8, 4) is 0 Å². The van der Waals surface area contributed by atoms with Gasteiger partial charge in [-0.1, -0.05) is 0 Å². The minimum atomic E-state index is 0.0283. The summed E-state index contributed by atoms with van der Waals surface area (Å²) in [6.07, 6.45) is 1.47. The maximum absolute atomic E-state index is 11.0. The number of rotatable bonds is 1. The van der Waals surface area contributed by atoms with Gasteiger partial charge in [0.25, 0.3) is 0 Å². The zero-order chi connectivity index (χ0) is 8.43. The minimum Gasteiger partial charge on any atom is -0.294 e. The van der Waals surface area contributed by atoms with Crippen LogP contribution < -0.4 is 0 Å². The van der Waals surface area contributed by atoms with Gasteiger partial charge in [0.05, 0.1) is 17.0 Å². The maximum Gasteiger partial charge on any atom is 0.163 e. The van der Waals surface area contributed by atoms with Gasteiger partial charge in [-0.05, 0) is 20.8 Å². The number of aromatic nitrogens is 2. The zero-order valence-corrected chi connectivity index (χ0v) is 6.88. The van der Waals surface area contributed by atoms with E-state index in [1.165, 1.54) is 13.3 Å². The third-order valence-corrected chi connectivity index (χ3v) is 1.58. The lowest BCUT2D eigenvalue weighted by Gasteiger charge is -2.01. The van der Waals surface area contributed by atoms with Crippen LogP contribution in [0.2, 0.25) is 0 Å². The molecule has 0 aliphatic heterocycles. The maximum atomic E-state index is 11.0. The average Bonchev–Trinajstić information content (AvgIpc) is 1.85. The number of ketones is 1. The Kier molecular flexibility index (Phi) is 1.98. The van der Waals surface area contributed by atoms with Crippen LogP contribution in [0.25, 0.3) is 0 Å². The van der Waals surface area contributed by atoms with Gasteiger partial charge < -0.3 is 0 Å². The molecule has 1 heterocycles. The molecule has 11 heavy (non-hydrogen) atoms. The second-order valence-corrected chi connectivity index (χ2v) is 2.48. The second kappa shape index (κ2) is 2.78. The smallest absolute Gasteiger partial charge is 0.163 e. The first kappa shape index (κ1) is 7.85. The van der Waals surface area contributed by atoms with Crippen LogP contribution in [0.1, 0.15) is 28.7 Å². The quantitative estimate of drug-likeness (QED) is 0.566. The van der Waals surface area contributed by atoms with Gasteiger partial charge in [0.2, 0.25) is 0 Å². The Morgan fingerprint density at radius 3 is 2.00 bits per heavy atom. The van der Waals surface area contributed by atoms with Crippen molar-refractivity contribution in [3.05, 3.63) is 23.3 Å². The number of Topliss-reactive ketones (excluding diaryl/α,β-unsaturated/α-hetero) is 1. The lowest BCUT2D eigenvalue weighted by atomic mass is 10.1. The lowest BCUT2D eigenvalue weighted by Crippen LogP contribution is -2.03. The van der Waals surface area contributed by atoms with Gasteiger partial charge in [-0.2, -0.15) is 0 Å². The normalized spacial score (nSPS) is 9.73. The van der Waals surface area contributed by atoms with E-state index in [1.54, 1.807) is 0 Å². The second-order valence-electron chi connectivity index (χ2n) is 2.48. The summed E-state index contributed by atoms with van der Waals surface area (Å²) in [4.78, 5) is 18.9. The molecule has 0 spiro atoms. The molecule has 0 radical (unpaired) electrons. The molecule has 0 atom stereocenters. The highest BCUT2D eigenvalue weighted by Crippen LogP contribution is 2.07. The third kappa shape index (κ3) is 1.42. The van der Waals surface area contributed by atoms with E-state index in [4.69, 9.17) is 0 Å². The molecule has 1 rings (SSSR count). The fourth-order valence-corrected chi connectivity index (χ4v) is 1.10. The molecular formula is C8H10N2O. The number of hydrogen-bond acceptors (Lipinski definition) is 3. The number of carbonyl (C=O) groups is 1. The largest absolute Gasteiger partial charge is 0.294 e. The SMILES string of the molecule is CC(=O)c1c(C)ncnc1C. The Bertz CT molecular complexity index is 274. The molecule has 0 saturated heterocycles. The Hall–Kier alpha value is -1.25.